The molecule has 0 unspecified atom stereocenters. The SMILES string of the molecule is CCOc1cc(F)ccc1NC(=O)Cc1csc(-c2cccs2)n1. The lowest BCUT2D eigenvalue weighted by Crippen LogP contribution is -2.15. The van der Waals surface area contributed by atoms with Crippen LogP contribution in [0.3, 0.4) is 0 Å². The van der Waals surface area contributed by atoms with Crippen molar-refractivity contribution < 1.29 is 13.9 Å². The van der Waals surface area contributed by atoms with Crippen LogP contribution in [0.2, 0.25) is 0 Å². The number of anilines is 1. The van der Waals surface area contributed by atoms with Crippen LogP contribution in [-0.4, -0.2) is 17.5 Å². The molecule has 0 spiro atoms. The van der Waals surface area contributed by atoms with Crippen LogP contribution in [-0.2, 0) is 11.2 Å². The third kappa shape index (κ3) is 3.98. The van der Waals surface area contributed by atoms with E-state index < -0.39 is 5.82 Å². The molecule has 0 aliphatic heterocycles. The maximum Gasteiger partial charge on any atom is 0.230 e. The van der Waals surface area contributed by atoms with E-state index in [0.29, 0.717) is 23.7 Å². The van der Waals surface area contributed by atoms with Gasteiger partial charge in [0, 0.05) is 11.4 Å². The molecule has 4 nitrogen and oxygen atoms in total. The first-order valence-electron chi connectivity index (χ1n) is 7.36. The lowest BCUT2D eigenvalue weighted by molar-refractivity contribution is -0.115. The second-order valence-electron chi connectivity index (χ2n) is 4.92. The molecule has 1 N–H and O–H groups in total. The maximum absolute atomic E-state index is 13.3. The van der Waals surface area contributed by atoms with Crippen LogP contribution in [0.25, 0.3) is 9.88 Å². The van der Waals surface area contributed by atoms with Gasteiger partial charge in [-0.1, -0.05) is 6.07 Å². The molecular formula is C17H15FN2O2S2. The van der Waals surface area contributed by atoms with Gasteiger partial charge in [0.25, 0.3) is 0 Å². The number of amides is 1. The lowest BCUT2D eigenvalue weighted by atomic mass is 10.2. The molecule has 0 aliphatic rings. The van der Waals surface area contributed by atoms with Crippen molar-refractivity contribution in [2.45, 2.75) is 13.3 Å². The minimum absolute atomic E-state index is 0.158. The van der Waals surface area contributed by atoms with E-state index in [9.17, 15) is 9.18 Å². The molecule has 1 amide bonds. The molecule has 124 valence electrons. The van der Waals surface area contributed by atoms with E-state index in [1.54, 1.807) is 18.3 Å². The summed E-state index contributed by atoms with van der Waals surface area (Å²) in [7, 11) is 0. The van der Waals surface area contributed by atoms with E-state index in [2.05, 4.69) is 10.3 Å². The van der Waals surface area contributed by atoms with Gasteiger partial charge in [-0.3, -0.25) is 4.79 Å². The number of carbonyl (C=O) groups is 1. The van der Waals surface area contributed by atoms with Crippen LogP contribution in [0.1, 0.15) is 12.6 Å². The molecule has 0 fully saturated rings. The summed E-state index contributed by atoms with van der Waals surface area (Å²) < 4.78 is 18.6. The quantitative estimate of drug-likeness (QED) is 0.698. The number of rotatable bonds is 6. The number of benzene rings is 1. The van der Waals surface area contributed by atoms with Gasteiger partial charge in [-0.15, -0.1) is 22.7 Å². The Morgan fingerprint density at radius 3 is 2.96 bits per heavy atom. The average molecular weight is 362 g/mol. The second kappa shape index (κ2) is 7.55. The van der Waals surface area contributed by atoms with Crippen LogP contribution in [0.4, 0.5) is 10.1 Å². The fourth-order valence-corrected chi connectivity index (χ4v) is 3.77. The molecule has 24 heavy (non-hydrogen) atoms. The maximum atomic E-state index is 13.3. The van der Waals surface area contributed by atoms with Crippen molar-refractivity contribution in [1.82, 2.24) is 4.98 Å². The topological polar surface area (TPSA) is 51.2 Å². The molecule has 3 rings (SSSR count). The lowest BCUT2D eigenvalue weighted by Gasteiger charge is -2.11. The predicted octanol–water partition coefficient (Wildman–Crippen LogP) is 4.59. The Morgan fingerprint density at radius 1 is 1.33 bits per heavy atom. The molecule has 2 heterocycles. The van der Waals surface area contributed by atoms with E-state index in [-0.39, 0.29) is 12.3 Å². The van der Waals surface area contributed by atoms with E-state index in [4.69, 9.17) is 4.74 Å². The van der Waals surface area contributed by atoms with Gasteiger partial charge in [0.05, 0.1) is 29.3 Å². The minimum atomic E-state index is -0.406. The standard InChI is InChI=1S/C17H15FN2O2S2/c1-2-22-14-8-11(18)5-6-13(14)20-16(21)9-12-10-24-17(19-12)15-4-3-7-23-15/h3-8,10H,2,9H2,1H3,(H,20,21). The molecule has 0 saturated carbocycles. The van der Waals surface area contributed by atoms with Gasteiger partial charge >= 0.3 is 0 Å². The number of ether oxygens (including phenoxy) is 1. The van der Waals surface area contributed by atoms with Gasteiger partial charge in [0.2, 0.25) is 5.91 Å². The second-order valence-corrected chi connectivity index (χ2v) is 6.73. The van der Waals surface area contributed by atoms with Crippen LogP contribution >= 0.6 is 22.7 Å². The first kappa shape index (κ1) is 16.6. The minimum Gasteiger partial charge on any atom is -0.492 e. The number of hydrogen-bond acceptors (Lipinski definition) is 5. The van der Waals surface area contributed by atoms with Crippen LogP contribution in [0.15, 0.2) is 41.1 Å². The van der Waals surface area contributed by atoms with E-state index in [1.807, 2.05) is 22.9 Å². The van der Waals surface area contributed by atoms with Crippen molar-refractivity contribution in [3.05, 3.63) is 52.6 Å². The third-order valence-electron chi connectivity index (χ3n) is 3.14. The predicted molar refractivity (Wildman–Crippen MR) is 95.3 cm³/mol. The number of nitrogens with one attached hydrogen (secondary N) is 1. The van der Waals surface area contributed by atoms with Crippen molar-refractivity contribution >= 4 is 34.3 Å². The first-order valence-corrected chi connectivity index (χ1v) is 9.12. The molecular weight excluding hydrogens is 347 g/mol. The normalized spacial score (nSPS) is 10.6. The molecule has 3 aromatic rings. The molecule has 1 aromatic carbocycles. The highest BCUT2D eigenvalue weighted by Crippen LogP contribution is 2.28. The fourth-order valence-electron chi connectivity index (χ4n) is 2.13. The summed E-state index contributed by atoms with van der Waals surface area (Å²) in [5.41, 5.74) is 1.16. The summed E-state index contributed by atoms with van der Waals surface area (Å²) in [4.78, 5) is 17.8. The summed E-state index contributed by atoms with van der Waals surface area (Å²) in [5, 5.41) is 7.53. The number of thiazole rings is 1. The number of carbonyl (C=O) groups excluding carboxylic acids is 1. The summed E-state index contributed by atoms with van der Waals surface area (Å²) in [6.45, 7) is 2.19. The Balaban J connectivity index is 1.68. The van der Waals surface area contributed by atoms with Crippen molar-refractivity contribution in [2.75, 3.05) is 11.9 Å². The van der Waals surface area contributed by atoms with Gasteiger partial charge in [-0.25, -0.2) is 9.37 Å². The fraction of sp³-hybridized carbons (Fsp3) is 0.176. The van der Waals surface area contributed by atoms with Gasteiger partial charge in [-0.05, 0) is 30.5 Å². The van der Waals surface area contributed by atoms with Crippen molar-refractivity contribution in [1.29, 1.82) is 0 Å². The molecule has 0 saturated heterocycles. The number of thiophene rings is 1. The van der Waals surface area contributed by atoms with E-state index >= 15 is 0 Å². The number of halogens is 1. The zero-order valence-corrected chi connectivity index (χ0v) is 14.5. The Hall–Kier alpha value is -2.25. The molecule has 7 heteroatoms. The monoisotopic (exact) mass is 362 g/mol. The molecule has 0 atom stereocenters. The largest absolute Gasteiger partial charge is 0.492 e. The van der Waals surface area contributed by atoms with Gasteiger partial charge in [0.1, 0.15) is 16.6 Å². The van der Waals surface area contributed by atoms with E-state index in [0.717, 1.165) is 9.88 Å². The zero-order valence-electron chi connectivity index (χ0n) is 12.9. The average Bonchev–Trinajstić information content (AvgIpc) is 3.21. The van der Waals surface area contributed by atoms with E-state index in [1.165, 1.54) is 29.5 Å². The van der Waals surface area contributed by atoms with Crippen molar-refractivity contribution in [2.24, 2.45) is 0 Å². The zero-order chi connectivity index (χ0) is 16.9. The molecule has 2 aromatic heterocycles. The molecule has 0 radical (unpaired) electrons. The van der Waals surface area contributed by atoms with Crippen molar-refractivity contribution in [3.63, 3.8) is 0 Å². The van der Waals surface area contributed by atoms with Crippen LogP contribution < -0.4 is 10.1 Å². The van der Waals surface area contributed by atoms with Gasteiger partial charge in [-0.2, -0.15) is 0 Å². The third-order valence-corrected chi connectivity index (χ3v) is 5.07. The Kier molecular flexibility index (Phi) is 5.22. The van der Waals surface area contributed by atoms with Crippen molar-refractivity contribution in [3.8, 4) is 15.6 Å². The summed E-state index contributed by atoms with van der Waals surface area (Å²) in [6, 6.07) is 8.01. The highest BCUT2D eigenvalue weighted by molar-refractivity contribution is 7.20. The highest BCUT2D eigenvalue weighted by atomic mass is 32.1. The number of nitrogens with zero attached hydrogens (tertiary/aromatic N) is 1. The van der Waals surface area contributed by atoms with Crippen LogP contribution in [0, 0.1) is 5.82 Å². The van der Waals surface area contributed by atoms with Crippen LogP contribution in [0.5, 0.6) is 5.75 Å². The summed E-state index contributed by atoms with van der Waals surface area (Å²) >= 11 is 3.13. The summed E-state index contributed by atoms with van der Waals surface area (Å²) in [5.74, 6) is -0.300. The highest BCUT2D eigenvalue weighted by Gasteiger charge is 2.12. The number of hydrogen-bond donors (Lipinski definition) is 1. The Morgan fingerprint density at radius 2 is 2.21 bits per heavy atom. The Labute approximate surface area is 146 Å². The van der Waals surface area contributed by atoms with Gasteiger partial charge in [0.15, 0.2) is 0 Å². The number of aromatic nitrogens is 1. The smallest absolute Gasteiger partial charge is 0.230 e. The summed E-state index contributed by atoms with van der Waals surface area (Å²) in [6.07, 6.45) is 0.158. The Bertz CT molecular complexity index is 831. The van der Waals surface area contributed by atoms with Gasteiger partial charge < -0.3 is 10.1 Å². The molecule has 0 aliphatic carbocycles. The first-order chi connectivity index (χ1) is 11.7. The molecule has 0 bridgehead atoms.